The summed E-state index contributed by atoms with van der Waals surface area (Å²) in [5, 5.41) is 12.1. The SMILES string of the molecule is C[C@@H]1CN[C@@](C)(C(=O)O)CN1C(=O)OC(C)(C)C. The number of piperazine rings is 1. The quantitative estimate of drug-likeness (QED) is 0.735. The molecule has 6 nitrogen and oxygen atoms in total. The summed E-state index contributed by atoms with van der Waals surface area (Å²) < 4.78 is 5.29. The van der Waals surface area contributed by atoms with Gasteiger partial charge in [0, 0.05) is 12.6 Å². The summed E-state index contributed by atoms with van der Waals surface area (Å²) in [7, 11) is 0. The van der Waals surface area contributed by atoms with Crippen molar-refractivity contribution in [3.8, 4) is 0 Å². The van der Waals surface area contributed by atoms with Gasteiger partial charge in [-0.1, -0.05) is 0 Å². The van der Waals surface area contributed by atoms with Crippen LogP contribution >= 0.6 is 0 Å². The molecule has 1 saturated heterocycles. The topological polar surface area (TPSA) is 78.9 Å². The average molecular weight is 258 g/mol. The van der Waals surface area contributed by atoms with Crippen LogP contribution in [0.1, 0.15) is 34.6 Å². The molecule has 0 aromatic heterocycles. The number of carboxylic acids is 1. The zero-order valence-corrected chi connectivity index (χ0v) is 11.6. The van der Waals surface area contributed by atoms with E-state index in [2.05, 4.69) is 5.32 Å². The van der Waals surface area contributed by atoms with Crippen LogP contribution in [0.4, 0.5) is 4.79 Å². The van der Waals surface area contributed by atoms with Crippen molar-refractivity contribution < 1.29 is 19.4 Å². The van der Waals surface area contributed by atoms with Gasteiger partial charge in [-0.15, -0.1) is 0 Å². The van der Waals surface area contributed by atoms with Crippen LogP contribution in [0.15, 0.2) is 0 Å². The second-order valence-electron chi connectivity index (χ2n) is 5.98. The monoisotopic (exact) mass is 258 g/mol. The normalized spacial score (nSPS) is 28.9. The van der Waals surface area contributed by atoms with Crippen LogP contribution in [0.3, 0.4) is 0 Å². The van der Waals surface area contributed by atoms with Crippen molar-refractivity contribution in [1.29, 1.82) is 0 Å². The number of rotatable bonds is 1. The van der Waals surface area contributed by atoms with Gasteiger partial charge < -0.3 is 14.7 Å². The molecule has 0 aromatic carbocycles. The van der Waals surface area contributed by atoms with Gasteiger partial charge in [0.05, 0.1) is 6.54 Å². The minimum Gasteiger partial charge on any atom is -0.480 e. The molecule has 1 rings (SSSR count). The van der Waals surface area contributed by atoms with Gasteiger partial charge in [0.15, 0.2) is 0 Å². The van der Waals surface area contributed by atoms with Crippen LogP contribution in [0.25, 0.3) is 0 Å². The highest BCUT2D eigenvalue weighted by Gasteiger charge is 2.43. The zero-order valence-electron chi connectivity index (χ0n) is 11.6. The van der Waals surface area contributed by atoms with Crippen molar-refractivity contribution >= 4 is 12.1 Å². The minimum absolute atomic E-state index is 0.0905. The molecule has 1 fully saturated rings. The fourth-order valence-electron chi connectivity index (χ4n) is 1.74. The van der Waals surface area contributed by atoms with E-state index in [1.165, 1.54) is 4.90 Å². The van der Waals surface area contributed by atoms with Gasteiger partial charge in [0.2, 0.25) is 0 Å². The van der Waals surface area contributed by atoms with E-state index in [9.17, 15) is 14.7 Å². The van der Waals surface area contributed by atoms with Gasteiger partial charge in [-0.3, -0.25) is 10.1 Å². The van der Waals surface area contributed by atoms with E-state index in [0.717, 1.165) is 0 Å². The molecule has 1 heterocycles. The van der Waals surface area contributed by atoms with E-state index in [0.29, 0.717) is 6.54 Å². The first-order valence-electron chi connectivity index (χ1n) is 6.03. The molecule has 0 aliphatic carbocycles. The Morgan fingerprint density at radius 2 is 2.00 bits per heavy atom. The van der Waals surface area contributed by atoms with Crippen molar-refractivity contribution in [2.75, 3.05) is 13.1 Å². The Kier molecular flexibility index (Phi) is 3.90. The summed E-state index contributed by atoms with van der Waals surface area (Å²) in [5.41, 5.74) is -1.70. The molecule has 0 bridgehead atoms. The molecular weight excluding hydrogens is 236 g/mol. The molecule has 1 aliphatic heterocycles. The third kappa shape index (κ3) is 3.35. The number of aliphatic carboxylic acids is 1. The Morgan fingerprint density at radius 1 is 1.44 bits per heavy atom. The van der Waals surface area contributed by atoms with Gasteiger partial charge in [-0.05, 0) is 34.6 Å². The fourth-order valence-corrected chi connectivity index (χ4v) is 1.74. The van der Waals surface area contributed by atoms with E-state index < -0.39 is 23.2 Å². The van der Waals surface area contributed by atoms with Crippen LogP contribution in [0.5, 0.6) is 0 Å². The van der Waals surface area contributed by atoms with Gasteiger partial charge in [0.1, 0.15) is 11.1 Å². The highest BCUT2D eigenvalue weighted by atomic mass is 16.6. The molecule has 1 aliphatic rings. The molecule has 2 N–H and O–H groups in total. The highest BCUT2D eigenvalue weighted by molar-refractivity contribution is 5.80. The van der Waals surface area contributed by atoms with Gasteiger partial charge in [-0.2, -0.15) is 0 Å². The van der Waals surface area contributed by atoms with Gasteiger partial charge in [-0.25, -0.2) is 4.79 Å². The Balaban J connectivity index is 2.80. The molecule has 1 amide bonds. The van der Waals surface area contributed by atoms with Crippen LogP contribution < -0.4 is 5.32 Å². The Hall–Kier alpha value is -1.30. The van der Waals surface area contributed by atoms with Gasteiger partial charge in [0.25, 0.3) is 0 Å². The number of hydrogen-bond donors (Lipinski definition) is 2. The summed E-state index contributed by atoms with van der Waals surface area (Å²) in [5.74, 6) is -0.969. The Bertz CT molecular complexity index is 350. The molecule has 0 aromatic rings. The maximum Gasteiger partial charge on any atom is 0.410 e. The molecular formula is C12H22N2O4. The Labute approximate surface area is 107 Å². The smallest absolute Gasteiger partial charge is 0.410 e. The summed E-state index contributed by atoms with van der Waals surface area (Å²) in [4.78, 5) is 24.7. The number of carbonyl (C=O) groups is 2. The predicted molar refractivity (Wildman–Crippen MR) is 66.4 cm³/mol. The number of nitrogens with one attached hydrogen (secondary N) is 1. The second kappa shape index (κ2) is 4.76. The molecule has 104 valence electrons. The molecule has 0 spiro atoms. The molecule has 0 unspecified atom stereocenters. The summed E-state index contributed by atoms with van der Waals surface area (Å²) in [6.45, 7) is 9.31. The highest BCUT2D eigenvalue weighted by Crippen LogP contribution is 2.19. The van der Waals surface area contributed by atoms with Crippen molar-refractivity contribution in [2.45, 2.75) is 51.8 Å². The predicted octanol–water partition coefficient (Wildman–Crippen LogP) is 1.06. The van der Waals surface area contributed by atoms with Crippen molar-refractivity contribution in [3.05, 3.63) is 0 Å². The fraction of sp³-hybridized carbons (Fsp3) is 0.833. The number of carboxylic acid groups (broad SMARTS) is 1. The first-order valence-corrected chi connectivity index (χ1v) is 6.03. The molecule has 0 radical (unpaired) electrons. The van der Waals surface area contributed by atoms with Crippen LogP contribution in [-0.4, -0.2) is 52.3 Å². The number of carbonyl (C=O) groups excluding carboxylic acids is 1. The van der Waals surface area contributed by atoms with E-state index >= 15 is 0 Å². The largest absolute Gasteiger partial charge is 0.480 e. The van der Waals surface area contributed by atoms with Crippen LogP contribution in [0, 0.1) is 0 Å². The number of amides is 1. The minimum atomic E-state index is -1.12. The summed E-state index contributed by atoms with van der Waals surface area (Å²) in [6, 6.07) is -0.0905. The van der Waals surface area contributed by atoms with E-state index in [1.54, 1.807) is 27.7 Å². The lowest BCUT2D eigenvalue weighted by Gasteiger charge is -2.42. The summed E-state index contributed by atoms with van der Waals surface area (Å²) >= 11 is 0. The lowest BCUT2D eigenvalue weighted by atomic mass is 9.97. The molecule has 18 heavy (non-hydrogen) atoms. The maximum absolute atomic E-state index is 12.0. The first-order chi connectivity index (χ1) is 8.05. The Morgan fingerprint density at radius 3 is 2.44 bits per heavy atom. The van der Waals surface area contributed by atoms with Crippen molar-refractivity contribution in [3.63, 3.8) is 0 Å². The number of nitrogens with zero attached hydrogens (tertiary/aromatic N) is 1. The maximum atomic E-state index is 12.0. The van der Waals surface area contributed by atoms with E-state index in [4.69, 9.17) is 4.74 Å². The summed E-state index contributed by atoms with van der Waals surface area (Å²) in [6.07, 6.45) is -0.469. The molecule has 2 atom stereocenters. The third-order valence-corrected chi connectivity index (χ3v) is 2.91. The number of hydrogen-bond acceptors (Lipinski definition) is 4. The van der Waals surface area contributed by atoms with Crippen LogP contribution in [-0.2, 0) is 9.53 Å². The standard InChI is InChI=1S/C12H22N2O4/c1-8-6-13-12(5,9(15)16)7-14(8)10(17)18-11(2,3)4/h8,13H,6-7H2,1-5H3,(H,15,16)/t8-,12-/m1/s1. The van der Waals surface area contributed by atoms with Crippen molar-refractivity contribution in [1.82, 2.24) is 10.2 Å². The van der Waals surface area contributed by atoms with E-state index in [-0.39, 0.29) is 12.6 Å². The third-order valence-electron chi connectivity index (χ3n) is 2.91. The van der Waals surface area contributed by atoms with Crippen molar-refractivity contribution in [2.24, 2.45) is 0 Å². The average Bonchev–Trinajstić information content (AvgIpc) is 2.19. The lowest BCUT2D eigenvalue weighted by molar-refractivity contribution is -0.146. The second-order valence-corrected chi connectivity index (χ2v) is 5.98. The zero-order chi connectivity index (χ0) is 14.1. The molecule has 6 heteroatoms. The van der Waals surface area contributed by atoms with E-state index in [1.807, 2.05) is 6.92 Å². The number of ether oxygens (including phenoxy) is 1. The lowest BCUT2D eigenvalue weighted by Crippen LogP contribution is -2.67. The van der Waals surface area contributed by atoms with Crippen LogP contribution in [0.2, 0.25) is 0 Å². The van der Waals surface area contributed by atoms with Gasteiger partial charge >= 0.3 is 12.1 Å². The molecule has 0 saturated carbocycles. The first kappa shape index (κ1) is 14.8.